The van der Waals surface area contributed by atoms with Gasteiger partial charge in [-0.1, -0.05) is 48.8 Å². The van der Waals surface area contributed by atoms with Crippen molar-refractivity contribution in [1.29, 1.82) is 0 Å². The van der Waals surface area contributed by atoms with Gasteiger partial charge in [-0.25, -0.2) is 0 Å². The van der Waals surface area contributed by atoms with E-state index in [0.717, 1.165) is 6.42 Å². The first kappa shape index (κ1) is 17.3. The summed E-state index contributed by atoms with van der Waals surface area (Å²) in [5.74, 6) is -0.0801. The first-order valence-corrected chi connectivity index (χ1v) is 9.10. The zero-order valence-corrected chi connectivity index (χ0v) is 16.0. The number of fused-ring (bicyclic) bond motifs is 2. The lowest BCUT2D eigenvalue weighted by Crippen LogP contribution is -2.48. The summed E-state index contributed by atoms with van der Waals surface area (Å²) in [4.78, 5) is 37.0. The first-order valence-electron chi connectivity index (χ1n) is 8.19. The Kier molecular flexibility index (Phi) is 3.79. The molecule has 0 spiro atoms. The maximum Gasteiger partial charge on any atom is 0.232 e. The molecule has 4 nitrogen and oxygen atoms in total. The van der Waals surface area contributed by atoms with Crippen LogP contribution < -0.4 is 5.32 Å². The molecule has 0 aromatic heterocycles. The molecule has 2 saturated carbocycles. The third-order valence-corrected chi connectivity index (χ3v) is 7.85. The summed E-state index contributed by atoms with van der Waals surface area (Å²) < 4.78 is 0. The monoisotopic (exact) mass is 391 g/mol. The van der Waals surface area contributed by atoms with E-state index in [1.807, 2.05) is 20.8 Å². The van der Waals surface area contributed by atoms with Gasteiger partial charge in [-0.2, -0.15) is 0 Å². The van der Waals surface area contributed by atoms with Crippen molar-refractivity contribution in [3.63, 3.8) is 0 Å². The van der Waals surface area contributed by atoms with Crippen molar-refractivity contribution in [2.75, 3.05) is 5.32 Å². The summed E-state index contributed by atoms with van der Waals surface area (Å²) in [6, 6.07) is 6.92. The highest BCUT2D eigenvalue weighted by atomic mass is 79.9. The van der Waals surface area contributed by atoms with E-state index in [2.05, 4.69) is 21.2 Å². The summed E-state index contributed by atoms with van der Waals surface area (Å²) in [6.07, 6.45) is 1.40. The van der Waals surface area contributed by atoms with E-state index in [1.165, 1.54) is 6.92 Å². The van der Waals surface area contributed by atoms with E-state index < -0.39 is 21.1 Å². The van der Waals surface area contributed by atoms with E-state index in [0.29, 0.717) is 17.7 Å². The summed E-state index contributed by atoms with van der Waals surface area (Å²) in [7, 11) is 0. The van der Waals surface area contributed by atoms with Gasteiger partial charge < -0.3 is 5.32 Å². The zero-order valence-electron chi connectivity index (χ0n) is 14.4. The zero-order chi connectivity index (χ0) is 17.9. The normalized spacial score (nSPS) is 33.5. The van der Waals surface area contributed by atoms with Crippen molar-refractivity contribution in [2.24, 2.45) is 16.2 Å². The number of hydrogen-bond donors (Lipinski definition) is 1. The maximum atomic E-state index is 13.2. The van der Waals surface area contributed by atoms with Crippen molar-refractivity contribution >= 4 is 39.1 Å². The minimum Gasteiger partial charge on any atom is -0.326 e. The molecule has 0 aliphatic heterocycles. The molecule has 5 heteroatoms. The number of benzene rings is 1. The number of nitrogens with one attached hydrogen (secondary N) is 1. The van der Waals surface area contributed by atoms with E-state index in [4.69, 9.17) is 0 Å². The molecule has 1 N–H and O–H groups in total. The minimum atomic E-state index is -0.773. The molecule has 0 saturated heterocycles. The number of anilines is 1. The van der Waals surface area contributed by atoms with E-state index in [1.54, 1.807) is 24.3 Å². The number of ketones is 2. The Hall–Kier alpha value is -1.49. The fraction of sp³-hybridized carbons (Fsp3) is 0.526. The molecule has 3 unspecified atom stereocenters. The molecule has 128 valence electrons. The van der Waals surface area contributed by atoms with Gasteiger partial charge in [-0.15, -0.1) is 0 Å². The van der Waals surface area contributed by atoms with Gasteiger partial charge in [-0.05, 0) is 37.3 Å². The Labute approximate surface area is 150 Å². The van der Waals surface area contributed by atoms with Crippen molar-refractivity contribution < 1.29 is 14.4 Å². The Morgan fingerprint density at radius 3 is 2.42 bits per heavy atom. The fourth-order valence-corrected chi connectivity index (χ4v) is 6.03. The molecule has 3 atom stereocenters. The van der Waals surface area contributed by atoms with Gasteiger partial charge in [0.15, 0.2) is 11.6 Å². The van der Waals surface area contributed by atoms with Crippen LogP contribution in [0.5, 0.6) is 0 Å². The van der Waals surface area contributed by atoms with Crippen LogP contribution in [-0.4, -0.2) is 22.3 Å². The fourth-order valence-electron chi connectivity index (χ4n) is 4.51. The Balaban J connectivity index is 1.97. The Bertz CT molecular complexity index is 757. The average molecular weight is 392 g/mol. The summed E-state index contributed by atoms with van der Waals surface area (Å²) in [6.45, 7) is 7.51. The van der Waals surface area contributed by atoms with Crippen LogP contribution in [0.4, 0.5) is 5.69 Å². The number of halogens is 1. The highest BCUT2D eigenvalue weighted by molar-refractivity contribution is 9.10. The molecular formula is C19H22BrNO3. The van der Waals surface area contributed by atoms with Crippen LogP contribution in [0.15, 0.2) is 24.3 Å². The van der Waals surface area contributed by atoms with Crippen LogP contribution in [-0.2, 0) is 9.59 Å². The lowest BCUT2D eigenvalue weighted by molar-refractivity contribution is -0.130. The Morgan fingerprint density at radius 2 is 1.88 bits per heavy atom. The number of carbonyl (C=O) groups is 3. The predicted molar refractivity (Wildman–Crippen MR) is 96.4 cm³/mol. The lowest BCUT2D eigenvalue weighted by Gasteiger charge is -2.39. The molecule has 3 rings (SSSR count). The molecule has 1 amide bonds. The molecule has 0 heterocycles. The van der Waals surface area contributed by atoms with Gasteiger partial charge in [0.1, 0.15) is 0 Å². The maximum absolute atomic E-state index is 13.2. The molecule has 2 fully saturated rings. The largest absolute Gasteiger partial charge is 0.326 e. The third-order valence-electron chi connectivity index (χ3n) is 6.65. The predicted octanol–water partition coefficient (Wildman–Crippen LogP) is 3.99. The average Bonchev–Trinajstić information content (AvgIpc) is 2.79. The van der Waals surface area contributed by atoms with E-state index in [-0.39, 0.29) is 17.5 Å². The second-order valence-electron chi connectivity index (χ2n) is 7.75. The van der Waals surface area contributed by atoms with Crippen LogP contribution in [0.3, 0.4) is 0 Å². The number of alkyl halides is 1. The van der Waals surface area contributed by atoms with Crippen LogP contribution in [0, 0.1) is 16.2 Å². The van der Waals surface area contributed by atoms with Crippen LogP contribution in [0.2, 0.25) is 0 Å². The molecule has 2 aliphatic rings. The highest BCUT2D eigenvalue weighted by Crippen LogP contribution is 2.72. The number of carbonyl (C=O) groups excluding carboxylic acids is 3. The lowest BCUT2D eigenvalue weighted by atomic mass is 9.64. The molecule has 1 aromatic rings. The van der Waals surface area contributed by atoms with Crippen molar-refractivity contribution in [3.05, 3.63) is 29.8 Å². The standard InChI is InChI=1S/C19H22BrNO3/c1-11(22)12-6-5-7-13(10-12)21-16(24)19-9-8-18(4,17(19,2)3)15(23)14(19)20/h5-7,10,14H,8-9H2,1-4H3,(H,21,24). The van der Waals surface area contributed by atoms with Gasteiger partial charge in [0.25, 0.3) is 0 Å². The van der Waals surface area contributed by atoms with Gasteiger partial charge in [0.05, 0.1) is 10.2 Å². The number of hydrogen-bond acceptors (Lipinski definition) is 3. The molecule has 24 heavy (non-hydrogen) atoms. The molecule has 0 radical (unpaired) electrons. The molecule has 2 aliphatic carbocycles. The summed E-state index contributed by atoms with van der Waals surface area (Å²) >= 11 is 3.52. The van der Waals surface area contributed by atoms with Crippen molar-refractivity contribution in [3.8, 4) is 0 Å². The second-order valence-corrected chi connectivity index (χ2v) is 8.66. The first-order chi connectivity index (χ1) is 11.1. The molecular weight excluding hydrogens is 370 g/mol. The Morgan fingerprint density at radius 1 is 1.21 bits per heavy atom. The second kappa shape index (κ2) is 5.25. The number of amides is 1. The van der Waals surface area contributed by atoms with Gasteiger partial charge in [0.2, 0.25) is 5.91 Å². The van der Waals surface area contributed by atoms with Gasteiger partial charge in [0, 0.05) is 16.7 Å². The summed E-state index contributed by atoms with van der Waals surface area (Å²) in [5.41, 5.74) is -0.553. The number of rotatable bonds is 3. The van der Waals surface area contributed by atoms with E-state index >= 15 is 0 Å². The van der Waals surface area contributed by atoms with Gasteiger partial charge in [-0.3, -0.25) is 14.4 Å². The smallest absolute Gasteiger partial charge is 0.232 e. The minimum absolute atomic E-state index is 0.0487. The van der Waals surface area contributed by atoms with Crippen LogP contribution in [0.25, 0.3) is 0 Å². The van der Waals surface area contributed by atoms with Crippen molar-refractivity contribution in [1.82, 2.24) is 0 Å². The molecule has 2 bridgehead atoms. The van der Waals surface area contributed by atoms with E-state index in [9.17, 15) is 14.4 Å². The summed E-state index contributed by atoms with van der Waals surface area (Å²) in [5, 5.41) is 2.95. The van der Waals surface area contributed by atoms with Crippen LogP contribution >= 0.6 is 15.9 Å². The number of Topliss-reactive ketones (excluding diaryl/α,β-unsaturated/α-hetero) is 2. The highest BCUT2D eigenvalue weighted by Gasteiger charge is 2.76. The van der Waals surface area contributed by atoms with Crippen LogP contribution in [0.1, 0.15) is 50.9 Å². The third kappa shape index (κ3) is 1.94. The quantitative estimate of drug-likeness (QED) is 0.625. The topological polar surface area (TPSA) is 63.2 Å². The molecule has 1 aromatic carbocycles. The van der Waals surface area contributed by atoms with Crippen molar-refractivity contribution in [2.45, 2.75) is 45.4 Å². The SMILES string of the molecule is CC(=O)c1cccc(NC(=O)C23CCC(C)(C(=O)C2Br)C3(C)C)c1. The van der Waals surface area contributed by atoms with Gasteiger partial charge >= 0.3 is 0 Å².